The first-order valence-electron chi connectivity index (χ1n) is 16.4. The summed E-state index contributed by atoms with van der Waals surface area (Å²) in [5.41, 5.74) is 14.0. The first-order valence-corrected chi connectivity index (χ1v) is 16.4. The summed E-state index contributed by atoms with van der Waals surface area (Å²) in [7, 11) is 0. The van der Waals surface area contributed by atoms with Crippen LogP contribution in [-0.4, -0.2) is 0 Å². The number of nitrogens with zero attached hydrogens (tertiary/aromatic N) is 2. The predicted molar refractivity (Wildman–Crippen MR) is 206 cm³/mol. The van der Waals surface area contributed by atoms with Crippen molar-refractivity contribution in [2.45, 2.75) is 13.8 Å². The number of para-hydroxylation sites is 3. The van der Waals surface area contributed by atoms with E-state index in [9.17, 15) is 0 Å². The Morgan fingerprint density at radius 2 is 0.708 bits per heavy atom. The van der Waals surface area contributed by atoms with E-state index in [-0.39, 0.29) is 0 Å². The third kappa shape index (κ3) is 6.84. The molecule has 232 valence electrons. The van der Waals surface area contributed by atoms with Gasteiger partial charge < -0.3 is 9.80 Å². The number of benzene rings is 7. The summed E-state index contributed by atoms with van der Waals surface area (Å²) in [6, 6.07) is 64.8. The molecule has 48 heavy (non-hydrogen) atoms. The summed E-state index contributed by atoms with van der Waals surface area (Å²) in [5, 5.41) is 0. The van der Waals surface area contributed by atoms with Gasteiger partial charge in [0.2, 0.25) is 0 Å². The standard InChI is InChI=1S/C46H38N2/c1-35-17-29-42(30-18-35)47(43-31-19-36(2)20-32-43)44-33-25-38(26-34-44)22-21-37-23-27-39(28-24-37)45-15-9-10-16-46(45)48(40-11-5-3-6-12-40)41-13-7-4-8-14-41/h3-34H,1-2H3. The van der Waals surface area contributed by atoms with Crippen molar-refractivity contribution in [3.63, 3.8) is 0 Å². The lowest BCUT2D eigenvalue weighted by atomic mass is 10.00. The molecule has 0 spiro atoms. The van der Waals surface area contributed by atoms with Crippen molar-refractivity contribution in [2.75, 3.05) is 9.80 Å². The Balaban J connectivity index is 1.13. The lowest BCUT2D eigenvalue weighted by Crippen LogP contribution is -2.10. The fourth-order valence-electron chi connectivity index (χ4n) is 6.03. The van der Waals surface area contributed by atoms with Gasteiger partial charge in [0.05, 0.1) is 5.69 Å². The van der Waals surface area contributed by atoms with Gasteiger partial charge in [-0.2, -0.15) is 0 Å². The average Bonchev–Trinajstić information content (AvgIpc) is 3.14. The summed E-state index contributed by atoms with van der Waals surface area (Å²) in [4.78, 5) is 4.63. The summed E-state index contributed by atoms with van der Waals surface area (Å²) < 4.78 is 0. The zero-order valence-electron chi connectivity index (χ0n) is 27.4. The number of rotatable bonds is 9. The Morgan fingerprint density at radius 3 is 1.19 bits per heavy atom. The van der Waals surface area contributed by atoms with E-state index >= 15 is 0 Å². The Bertz CT molecular complexity index is 2010. The van der Waals surface area contributed by atoms with Crippen molar-refractivity contribution in [3.05, 3.63) is 204 Å². The highest BCUT2D eigenvalue weighted by Gasteiger charge is 2.16. The fraction of sp³-hybridized carbons (Fsp3) is 0.0435. The molecule has 2 nitrogen and oxygen atoms in total. The van der Waals surface area contributed by atoms with E-state index in [0.717, 1.165) is 45.3 Å². The van der Waals surface area contributed by atoms with Gasteiger partial charge in [-0.05, 0) is 97.3 Å². The van der Waals surface area contributed by atoms with Crippen molar-refractivity contribution in [3.8, 4) is 11.1 Å². The van der Waals surface area contributed by atoms with Crippen LogP contribution in [0.25, 0.3) is 23.3 Å². The maximum absolute atomic E-state index is 2.32. The highest BCUT2D eigenvalue weighted by atomic mass is 15.1. The van der Waals surface area contributed by atoms with Crippen molar-refractivity contribution >= 4 is 46.3 Å². The molecule has 0 fully saturated rings. The minimum atomic E-state index is 1.13. The lowest BCUT2D eigenvalue weighted by Gasteiger charge is -2.27. The van der Waals surface area contributed by atoms with Crippen LogP contribution in [0, 0.1) is 13.8 Å². The van der Waals surface area contributed by atoms with E-state index < -0.39 is 0 Å². The quantitative estimate of drug-likeness (QED) is 0.149. The molecule has 0 aliphatic heterocycles. The molecule has 0 radical (unpaired) electrons. The second-order valence-electron chi connectivity index (χ2n) is 12.1. The van der Waals surface area contributed by atoms with E-state index in [1.54, 1.807) is 0 Å². The van der Waals surface area contributed by atoms with Crippen LogP contribution in [0.2, 0.25) is 0 Å². The molecule has 0 aromatic heterocycles. The van der Waals surface area contributed by atoms with Crippen LogP contribution >= 0.6 is 0 Å². The van der Waals surface area contributed by atoms with Gasteiger partial charge in [-0.3, -0.25) is 0 Å². The summed E-state index contributed by atoms with van der Waals surface area (Å²) >= 11 is 0. The molecule has 7 rings (SSSR count). The van der Waals surface area contributed by atoms with Gasteiger partial charge in [-0.15, -0.1) is 0 Å². The topological polar surface area (TPSA) is 6.48 Å². The maximum atomic E-state index is 2.32. The molecule has 7 aromatic rings. The second kappa shape index (κ2) is 14.1. The predicted octanol–water partition coefficient (Wildman–Crippen LogP) is 13.1. The molecule has 0 aliphatic rings. The summed E-state index contributed by atoms with van der Waals surface area (Å²) in [5.74, 6) is 0. The van der Waals surface area contributed by atoms with Gasteiger partial charge in [-0.25, -0.2) is 0 Å². The summed E-state index contributed by atoms with van der Waals surface area (Å²) in [6.45, 7) is 4.25. The zero-order valence-corrected chi connectivity index (χ0v) is 27.4. The van der Waals surface area contributed by atoms with Crippen LogP contribution in [-0.2, 0) is 0 Å². The molecule has 0 saturated carbocycles. The van der Waals surface area contributed by atoms with Crippen LogP contribution in [0.15, 0.2) is 182 Å². The van der Waals surface area contributed by atoms with Gasteiger partial charge in [0.1, 0.15) is 0 Å². The minimum Gasteiger partial charge on any atom is -0.311 e. The Labute approximate surface area is 284 Å². The molecule has 0 amide bonds. The molecular formula is C46H38N2. The molecule has 0 atom stereocenters. The zero-order chi connectivity index (χ0) is 32.7. The minimum absolute atomic E-state index is 1.13. The SMILES string of the molecule is Cc1ccc(N(c2ccc(C)cc2)c2ccc(C=Cc3ccc(-c4ccccc4N(c4ccccc4)c4ccccc4)cc3)cc2)cc1. The van der Waals surface area contributed by atoms with Gasteiger partial charge in [0.25, 0.3) is 0 Å². The monoisotopic (exact) mass is 618 g/mol. The molecule has 2 heteroatoms. The molecule has 0 unspecified atom stereocenters. The van der Waals surface area contributed by atoms with Crippen LogP contribution in [0.5, 0.6) is 0 Å². The normalized spacial score (nSPS) is 11.0. The van der Waals surface area contributed by atoms with Gasteiger partial charge in [-0.1, -0.05) is 139 Å². The third-order valence-corrected chi connectivity index (χ3v) is 8.60. The van der Waals surface area contributed by atoms with Gasteiger partial charge in [0, 0.05) is 34.0 Å². The Kier molecular flexibility index (Phi) is 8.97. The van der Waals surface area contributed by atoms with E-state index in [1.165, 1.54) is 22.3 Å². The van der Waals surface area contributed by atoms with Crippen molar-refractivity contribution < 1.29 is 0 Å². The van der Waals surface area contributed by atoms with Crippen LogP contribution in [0.1, 0.15) is 22.3 Å². The molecular weight excluding hydrogens is 581 g/mol. The second-order valence-corrected chi connectivity index (χ2v) is 12.1. The number of anilines is 6. The maximum Gasteiger partial charge on any atom is 0.0540 e. The third-order valence-electron chi connectivity index (χ3n) is 8.60. The molecule has 0 N–H and O–H groups in total. The van der Waals surface area contributed by atoms with E-state index in [4.69, 9.17) is 0 Å². The largest absolute Gasteiger partial charge is 0.311 e. The highest BCUT2D eigenvalue weighted by molar-refractivity contribution is 5.88. The molecule has 0 heterocycles. The van der Waals surface area contributed by atoms with Crippen molar-refractivity contribution in [2.24, 2.45) is 0 Å². The average molecular weight is 619 g/mol. The van der Waals surface area contributed by atoms with Gasteiger partial charge in [0.15, 0.2) is 0 Å². The van der Waals surface area contributed by atoms with Crippen LogP contribution < -0.4 is 9.80 Å². The molecule has 7 aromatic carbocycles. The van der Waals surface area contributed by atoms with E-state index in [2.05, 4.69) is 218 Å². The number of hydrogen-bond donors (Lipinski definition) is 0. The Morgan fingerprint density at radius 1 is 0.333 bits per heavy atom. The van der Waals surface area contributed by atoms with Crippen molar-refractivity contribution in [1.29, 1.82) is 0 Å². The summed E-state index contributed by atoms with van der Waals surface area (Å²) in [6.07, 6.45) is 4.37. The molecule has 0 bridgehead atoms. The number of hydrogen-bond acceptors (Lipinski definition) is 2. The van der Waals surface area contributed by atoms with E-state index in [0.29, 0.717) is 0 Å². The van der Waals surface area contributed by atoms with Crippen molar-refractivity contribution in [1.82, 2.24) is 0 Å². The first kappa shape index (κ1) is 30.5. The fourth-order valence-corrected chi connectivity index (χ4v) is 6.03. The van der Waals surface area contributed by atoms with E-state index in [1.807, 2.05) is 0 Å². The smallest absolute Gasteiger partial charge is 0.0540 e. The Hall–Kier alpha value is -6.12. The van der Waals surface area contributed by atoms with Crippen LogP contribution in [0.4, 0.5) is 34.1 Å². The highest BCUT2D eigenvalue weighted by Crippen LogP contribution is 2.40. The first-order chi connectivity index (χ1) is 23.6. The lowest BCUT2D eigenvalue weighted by molar-refractivity contribution is 1.27. The van der Waals surface area contributed by atoms with Crippen LogP contribution in [0.3, 0.4) is 0 Å². The van der Waals surface area contributed by atoms with Gasteiger partial charge >= 0.3 is 0 Å². The number of aryl methyl sites for hydroxylation is 2. The molecule has 0 saturated heterocycles. The molecule has 0 aliphatic carbocycles.